The lowest BCUT2D eigenvalue weighted by Crippen LogP contribution is -2.23. The molecule has 5 heteroatoms. The lowest BCUT2D eigenvalue weighted by molar-refractivity contribution is 0.467. The molecular formula is C12H17N3O2. The first-order valence-electron chi connectivity index (χ1n) is 5.85. The lowest BCUT2D eigenvalue weighted by Gasteiger charge is -2.05. The van der Waals surface area contributed by atoms with Gasteiger partial charge in [-0.3, -0.25) is 0 Å². The SMILES string of the molecule is CC(C)NCCCc1nnc(-c2ccco2)o1. The number of aryl methyl sites for hydroxylation is 1. The Morgan fingerprint density at radius 1 is 1.35 bits per heavy atom. The van der Waals surface area contributed by atoms with E-state index in [1.807, 2.05) is 0 Å². The Kier molecular flexibility index (Phi) is 3.93. The van der Waals surface area contributed by atoms with Gasteiger partial charge >= 0.3 is 0 Å². The molecule has 2 heterocycles. The van der Waals surface area contributed by atoms with Gasteiger partial charge in [0, 0.05) is 12.5 Å². The quantitative estimate of drug-likeness (QED) is 0.778. The Labute approximate surface area is 100 Å². The van der Waals surface area contributed by atoms with E-state index >= 15 is 0 Å². The molecule has 0 aliphatic rings. The maximum Gasteiger partial charge on any atom is 0.283 e. The van der Waals surface area contributed by atoms with Gasteiger partial charge in [-0.15, -0.1) is 10.2 Å². The Hall–Kier alpha value is -1.62. The number of hydrogen-bond acceptors (Lipinski definition) is 5. The molecule has 0 fully saturated rings. The molecule has 92 valence electrons. The minimum Gasteiger partial charge on any atom is -0.459 e. The number of rotatable bonds is 6. The molecule has 0 unspecified atom stereocenters. The van der Waals surface area contributed by atoms with E-state index < -0.39 is 0 Å². The molecule has 0 saturated carbocycles. The van der Waals surface area contributed by atoms with E-state index in [-0.39, 0.29) is 0 Å². The summed E-state index contributed by atoms with van der Waals surface area (Å²) in [5.74, 6) is 1.72. The Balaban J connectivity index is 1.83. The maximum absolute atomic E-state index is 5.49. The van der Waals surface area contributed by atoms with Crippen molar-refractivity contribution in [3.05, 3.63) is 24.3 Å². The minimum atomic E-state index is 0.446. The highest BCUT2D eigenvalue weighted by Crippen LogP contribution is 2.18. The molecule has 0 spiro atoms. The molecule has 1 N–H and O–H groups in total. The predicted octanol–water partition coefficient (Wildman–Crippen LogP) is 2.26. The summed E-state index contributed by atoms with van der Waals surface area (Å²) < 4.78 is 10.7. The largest absolute Gasteiger partial charge is 0.459 e. The van der Waals surface area contributed by atoms with Gasteiger partial charge in [0.15, 0.2) is 5.76 Å². The van der Waals surface area contributed by atoms with Crippen LogP contribution in [0.1, 0.15) is 26.2 Å². The summed E-state index contributed by atoms with van der Waals surface area (Å²) in [6, 6.07) is 4.11. The number of hydrogen-bond donors (Lipinski definition) is 1. The highest BCUT2D eigenvalue weighted by atomic mass is 16.4. The highest BCUT2D eigenvalue weighted by molar-refractivity contribution is 5.42. The molecule has 0 aromatic carbocycles. The van der Waals surface area contributed by atoms with Crippen molar-refractivity contribution < 1.29 is 8.83 Å². The summed E-state index contributed by atoms with van der Waals surface area (Å²) in [5, 5.41) is 11.3. The first-order chi connectivity index (χ1) is 8.25. The van der Waals surface area contributed by atoms with E-state index in [2.05, 4.69) is 29.4 Å². The Morgan fingerprint density at radius 3 is 2.94 bits per heavy atom. The predicted molar refractivity (Wildman–Crippen MR) is 63.5 cm³/mol. The summed E-state index contributed by atoms with van der Waals surface area (Å²) in [6.45, 7) is 5.21. The van der Waals surface area contributed by atoms with Crippen LogP contribution in [0.2, 0.25) is 0 Å². The summed E-state index contributed by atoms with van der Waals surface area (Å²) in [5.41, 5.74) is 0. The molecule has 0 bridgehead atoms. The van der Waals surface area contributed by atoms with Crippen LogP contribution in [0.4, 0.5) is 0 Å². The number of nitrogens with one attached hydrogen (secondary N) is 1. The van der Waals surface area contributed by atoms with Gasteiger partial charge in [-0.2, -0.15) is 0 Å². The maximum atomic E-state index is 5.49. The van der Waals surface area contributed by atoms with E-state index in [4.69, 9.17) is 8.83 Å². The van der Waals surface area contributed by atoms with Gasteiger partial charge in [0.25, 0.3) is 5.89 Å². The highest BCUT2D eigenvalue weighted by Gasteiger charge is 2.10. The molecule has 2 rings (SSSR count). The molecule has 5 nitrogen and oxygen atoms in total. The first-order valence-corrected chi connectivity index (χ1v) is 5.85. The fourth-order valence-corrected chi connectivity index (χ4v) is 1.48. The summed E-state index contributed by atoms with van der Waals surface area (Å²) in [6.07, 6.45) is 3.36. The zero-order valence-corrected chi connectivity index (χ0v) is 10.1. The van der Waals surface area contributed by atoms with Gasteiger partial charge in [-0.1, -0.05) is 13.8 Å². The molecule has 2 aromatic heterocycles. The molecule has 2 aromatic rings. The van der Waals surface area contributed by atoms with Gasteiger partial charge in [0.1, 0.15) is 0 Å². The van der Waals surface area contributed by atoms with Crippen LogP contribution in [0.25, 0.3) is 11.7 Å². The van der Waals surface area contributed by atoms with Crippen LogP contribution >= 0.6 is 0 Å². The van der Waals surface area contributed by atoms with Crippen molar-refractivity contribution in [2.75, 3.05) is 6.54 Å². The van der Waals surface area contributed by atoms with Crippen molar-refractivity contribution in [2.24, 2.45) is 0 Å². The van der Waals surface area contributed by atoms with Crippen molar-refractivity contribution >= 4 is 0 Å². The van der Waals surface area contributed by atoms with Gasteiger partial charge in [-0.25, -0.2) is 0 Å². The van der Waals surface area contributed by atoms with Crippen molar-refractivity contribution in [1.82, 2.24) is 15.5 Å². The van der Waals surface area contributed by atoms with Crippen LogP contribution in [0.3, 0.4) is 0 Å². The van der Waals surface area contributed by atoms with E-state index in [0.29, 0.717) is 23.6 Å². The molecule has 17 heavy (non-hydrogen) atoms. The minimum absolute atomic E-state index is 0.446. The average Bonchev–Trinajstić information content (AvgIpc) is 2.94. The number of nitrogens with zero attached hydrogens (tertiary/aromatic N) is 2. The van der Waals surface area contributed by atoms with Crippen LogP contribution in [0.5, 0.6) is 0 Å². The molecule has 0 atom stereocenters. The topological polar surface area (TPSA) is 64.1 Å². The standard InChI is InChI=1S/C12H17N3O2/c1-9(2)13-7-3-6-11-14-15-12(17-11)10-5-4-8-16-10/h4-5,8-9,13H,3,6-7H2,1-2H3. The van der Waals surface area contributed by atoms with E-state index in [1.165, 1.54) is 0 Å². The fraction of sp³-hybridized carbons (Fsp3) is 0.500. The Bertz CT molecular complexity index is 434. The zero-order valence-electron chi connectivity index (χ0n) is 10.1. The number of aromatic nitrogens is 2. The fourth-order valence-electron chi connectivity index (χ4n) is 1.48. The third kappa shape index (κ3) is 3.42. The van der Waals surface area contributed by atoms with Crippen LogP contribution in [-0.4, -0.2) is 22.8 Å². The van der Waals surface area contributed by atoms with E-state index in [9.17, 15) is 0 Å². The summed E-state index contributed by atoms with van der Waals surface area (Å²) >= 11 is 0. The third-order valence-electron chi connectivity index (χ3n) is 2.32. The van der Waals surface area contributed by atoms with Gasteiger partial charge < -0.3 is 14.2 Å². The average molecular weight is 235 g/mol. The zero-order chi connectivity index (χ0) is 12.1. The smallest absolute Gasteiger partial charge is 0.283 e. The van der Waals surface area contributed by atoms with E-state index in [1.54, 1.807) is 18.4 Å². The molecule has 0 aliphatic heterocycles. The molecule has 0 radical (unpaired) electrons. The van der Waals surface area contributed by atoms with Crippen LogP contribution in [0, 0.1) is 0 Å². The second-order valence-electron chi connectivity index (χ2n) is 4.19. The van der Waals surface area contributed by atoms with Crippen LogP contribution < -0.4 is 5.32 Å². The summed E-state index contributed by atoms with van der Waals surface area (Å²) in [4.78, 5) is 0. The number of furan rings is 1. The monoisotopic (exact) mass is 235 g/mol. The van der Waals surface area contributed by atoms with Gasteiger partial charge in [-0.05, 0) is 25.1 Å². The Morgan fingerprint density at radius 2 is 2.24 bits per heavy atom. The van der Waals surface area contributed by atoms with Crippen molar-refractivity contribution in [3.8, 4) is 11.7 Å². The third-order valence-corrected chi connectivity index (χ3v) is 2.32. The first kappa shape index (κ1) is 11.9. The normalized spacial score (nSPS) is 11.2. The van der Waals surface area contributed by atoms with Crippen LogP contribution in [0.15, 0.2) is 27.2 Å². The molecule has 0 saturated heterocycles. The van der Waals surface area contributed by atoms with E-state index in [0.717, 1.165) is 19.4 Å². The second-order valence-corrected chi connectivity index (χ2v) is 4.19. The van der Waals surface area contributed by atoms with Crippen molar-refractivity contribution in [2.45, 2.75) is 32.7 Å². The lowest BCUT2D eigenvalue weighted by atomic mass is 10.3. The van der Waals surface area contributed by atoms with Crippen molar-refractivity contribution in [1.29, 1.82) is 0 Å². The van der Waals surface area contributed by atoms with Crippen LogP contribution in [-0.2, 0) is 6.42 Å². The molecule has 0 amide bonds. The van der Waals surface area contributed by atoms with Gasteiger partial charge in [0.2, 0.25) is 5.89 Å². The second kappa shape index (κ2) is 5.63. The van der Waals surface area contributed by atoms with Gasteiger partial charge in [0.05, 0.1) is 6.26 Å². The molecule has 0 aliphatic carbocycles. The summed E-state index contributed by atoms with van der Waals surface area (Å²) in [7, 11) is 0. The van der Waals surface area contributed by atoms with Crippen molar-refractivity contribution in [3.63, 3.8) is 0 Å². The molecular weight excluding hydrogens is 218 g/mol.